The Labute approximate surface area is 223 Å². The molecule has 0 saturated carbocycles. The quantitative estimate of drug-likeness (QED) is 0.349. The summed E-state index contributed by atoms with van der Waals surface area (Å²) >= 11 is 6.17. The highest BCUT2D eigenvalue weighted by molar-refractivity contribution is 7.92. The number of rotatable bonds is 14. The van der Waals surface area contributed by atoms with Gasteiger partial charge >= 0.3 is 0 Å². The van der Waals surface area contributed by atoms with Crippen molar-refractivity contribution in [1.82, 2.24) is 10.2 Å². The molecule has 8 nitrogen and oxygen atoms in total. The zero-order valence-electron chi connectivity index (χ0n) is 21.7. The largest absolute Gasteiger partial charge is 0.495 e. The standard InChI is InChI=1S/C26H35ClFN3O5S/c1-5-6-15-29-26(33)19(2)30(18-20-10-7-8-11-23(20)28)25(32)12-9-16-31(37(4,34)35)21-13-14-24(36-3)22(27)17-21/h7-8,10-11,13-14,17,19H,5-6,9,12,15-16,18H2,1-4H3,(H,29,33)/t19-/m0/s1. The van der Waals surface area contributed by atoms with Gasteiger partial charge in [-0.25, -0.2) is 12.8 Å². The molecule has 2 aromatic carbocycles. The number of nitrogens with zero attached hydrogens (tertiary/aromatic N) is 2. The van der Waals surface area contributed by atoms with Crippen LogP contribution in [0.5, 0.6) is 5.75 Å². The maximum absolute atomic E-state index is 14.4. The van der Waals surface area contributed by atoms with Crippen LogP contribution in [0.25, 0.3) is 0 Å². The third-order valence-corrected chi connectivity index (χ3v) is 7.36. The topological polar surface area (TPSA) is 96.0 Å². The van der Waals surface area contributed by atoms with Crippen molar-refractivity contribution >= 4 is 39.1 Å². The number of nitrogens with one attached hydrogen (secondary N) is 1. The van der Waals surface area contributed by atoms with E-state index < -0.39 is 21.9 Å². The molecule has 0 fully saturated rings. The minimum Gasteiger partial charge on any atom is -0.495 e. The van der Waals surface area contributed by atoms with Gasteiger partial charge in [-0.1, -0.05) is 43.1 Å². The van der Waals surface area contributed by atoms with Gasteiger partial charge in [0.2, 0.25) is 21.8 Å². The molecule has 2 amide bonds. The van der Waals surface area contributed by atoms with Crippen molar-refractivity contribution in [3.63, 3.8) is 0 Å². The molecule has 204 valence electrons. The fraction of sp³-hybridized carbons (Fsp3) is 0.462. The summed E-state index contributed by atoms with van der Waals surface area (Å²) in [5.74, 6) is -0.783. The number of methoxy groups -OCH3 is 1. The van der Waals surface area contributed by atoms with E-state index >= 15 is 0 Å². The summed E-state index contributed by atoms with van der Waals surface area (Å²) in [7, 11) is -2.22. The molecular weight excluding hydrogens is 521 g/mol. The lowest BCUT2D eigenvalue weighted by atomic mass is 10.1. The number of carbonyl (C=O) groups is 2. The predicted octanol–water partition coefficient (Wildman–Crippen LogP) is 4.37. The van der Waals surface area contributed by atoms with Crippen LogP contribution in [0, 0.1) is 5.82 Å². The summed E-state index contributed by atoms with van der Waals surface area (Å²) in [6.45, 7) is 4.01. The van der Waals surface area contributed by atoms with Gasteiger partial charge in [-0.3, -0.25) is 13.9 Å². The number of hydrogen-bond acceptors (Lipinski definition) is 5. The van der Waals surface area contributed by atoms with Crippen LogP contribution in [0.2, 0.25) is 5.02 Å². The highest BCUT2D eigenvalue weighted by Gasteiger charge is 2.27. The molecule has 0 saturated heterocycles. The molecule has 0 spiro atoms. The summed E-state index contributed by atoms with van der Waals surface area (Å²) in [5.41, 5.74) is 0.627. The summed E-state index contributed by atoms with van der Waals surface area (Å²) < 4.78 is 45.6. The number of amides is 2. The number of hydrogen-bond donors (Lipinski definition) is 1. The van der Waals surface area contributed by atoms with Crippen LogP contribution in [0.4, 0.5) is 10.1 Å². The maximum Gasteiger partial charge on any atom is 0.242 e. The van der Waals surface area contributed by atoms with E-state index in [0.29, 0.717) is 18.0 Å². The van der Waals surface area contributed by atoms with Crippen molar-refractivity contribution in [1.29, 1.82) is 0 Å². The summed E-state index contributed by atoms with van der Waals surface area (Å²) in [6.07, 6.45) is 2.91. The maximum atomic E-state index is 14.4. The number of unbranched alkanes of at least 4 members (excludes halogenated alkanes) is 1. The second-order valence-electron chi connectivity index (χ2n) is 8.69. The van der Waals surface area contributed by atoms with E-state index in [1.54, 1.807) is 37.3 Å². The molecule has 2 rings (SSSR count). The molecule has 0 aliphatic heterocycles. The second kappa shape index (κ2) is 14.2. The van der Waals surface area contributed by atoms with Crippen LogP contribution < -0.4 is 14.4 Å². The molecule has 0 aliphatic carbocycles. The van der Waals surface area contributed by atoms with Gasteiger partial charge < -0.3 is 15.0 Å². The number of halogens is 2. The summed E-state index contributed by atoms with van der Waals surface area (Å²) in [5, 5.41) is 3.07. The minimum atomic E-state index is -3.67. The van der Waals surface area contributed by atoms with Gasteiger partial charge in [-0.05, 0) is 44.0 Å². The Kier molecular flexibility index (Phi) is 11.6. The monoisotopic (exact) mass is 555 g/mol. The molecule has 2 aromatic rings. The third-order valence-electron chi connectivity index (χ3n) is 5.87. The normalized spacial score (nSPS) is 12.1. The average Bonchev–Trinajstić information content (AvgIpc) is 2.85. The van der Waals surface area contributed by atoms with E-state index in [1.807, 2.05) is 6.92 Å². The van der Waals surface area contributed by atoms with Gasteiger partial charge in [-0.15, -0.1) is 0 Å². The molecule has 11 heteroatoms. The Morgan fingerprint density at radius 1 is 1.16 bits per heavy atom. The smallest absolute Gasteiger partial charge is 0.242 e. The van der Waals surface area contributed by atoms with Crippen LogP contribution in [0.1, 0.15) is 45.1 Å². The van der Waals surface area contributed by atoms with Gasteiger partial charge in [0.25, 0.3) is 0 Å². The van der Waals surface area contributed by atoms with Gasteiger partial charge in [0.05, 0.1) is 24.1 Å². The molecule has 1 atom stereocenters. The van der Waals surface area contributed by atoms with Crippen molar-refractivity contribution in [2.45, 2.75) is 52.1 Å². The van der Waals surface area contributed by atoms with Crippen molar-refractivity contribution in [3.05, 3.63) is 58.9 Å². The first-order valence-electron chi connectivity index (χ1n) is 12.1. The Morgan fingerprint density at radius 2 is 1.86 bits per heavy atom. The number of benzene rings is 2. The van der Waals surface area contributed by atoms with E-state index in [4.69, 9.17) is 16.3 Å². The van der Waals surface area contributed by atoms with Crippen molar-refractivity contribution in [3.8, 4) is 5.75 Å². The molecular formula is C26H35ClFN3O5S. The number of carbonyl (C=O) groups excluding carboxylic acids is 2. The third kappa shape index (κ3) is 8.89. The molecule has 0 bridgehead atoms. The lowest BCUT2D eigenvalue weighted by Crippen LogP contribution is -2.48. The first-order chi connectivity index (χ1) is 17.5. The molecule has 37 heavy (non-hydrogen) atoms. The van der Waals surface area contributed by atoms with Crippen molar-refractivity contribution < 1.29 is 27.1 Å². The summed E-state index contributed by atoms with van der Waals surface area (Å²) in [4.78, 5) is 27.3. The molecule has 0 radical (unpaired) electrons. The lowest BCUT2D eigenvalue weighted by Gasteiger charge is -2.29. The number of sulfonamides is 1. The molecule has 0 heterocycles. The number of ether oxygens (including phenoxy) is 1. The second-order valence-corrected chi connectivity index (χ2v) is 11.0. The molecule has 0 aliphatic rings. The zero-order chi connectivity index (χ0) is 27.6. The van der Waals surface area contributed by atoms with Gasteiger partial charge in [-0.2, -0.15) is 0 Å². The van der Waals surface area contributed by atoms with E-state index in [1.165, 1.54) is 24.1 Å². The van der Waals surface area contributed by atoms with Crippen LogP contribution in [-0.4, -0.2) is 57.6 Å². The van der Waals surface area contributed by atoms with Gasteiger partial charge in [0, 0.05) is 31.6 Å². The van der Waals surface area contributed by atoms with Crippen LogP contribution in [0.3, 0.4) is 0 Å². The Hall–Kier alpha value is -2.85. The molecule has 0 aromatic heterocycles. The van der Waals surface area contributed by atoms with Gasteiger partial charge in [0.1, 0.15) is 17.6 Å². The Balaban J connectivity index is 2.18. The fourth-order valence-electron chi connectivity index (χ4n) is 3.74. The van der Waals surface area contributed by atoms with Gasteiger partial charge in [0.15, 0.2) is 0 Å². The lowest BCUT2D eigenvalue weighted by molar-refractivity contribution is -0.140. The average molecular weight is 556 g/mol. The Morgan fingerprint density at radius 3 is 2.46 bits per heavy atom. The predicted molar refractivity (Wildman–Crippen MR) is 144 cm³/mol. The first-order valence-corrected chi connectivity index (χ1v) is 14.3. The highest BCUT2D eigenvalue weighted by atomic mass is 35.5. The van der Waals surface area contributed by atoms with Crippen LogP contribution >= 0.6 is 11.6 Å². The van der Waals surface area contributed by atoms with Crippen LogP contribution in [0.15, 0.2) is 42.5 Å². The first kappa shape index (κ1) is 30.4. The zero-order valence-corrected chi connectivity index (χ0v) is 23.2. The van der Waals surface area contributed by atoms with E-state index in [0.717, 1.165) is 23.4 Å². The minimum absolute atomic E-state index is 0.0118. The molecule has 0 unspecified atom stereocenters. The Bertz CT molecular complexity index is 1180. The molecule has 1 N–H and O–H groups in total. The van der Waals surface area contributed by atoms with E-state index in [9.17, 15) is 22.4 Å². The van der Waals surface area contributed by atoms with Crippen molar-refractivity contribution in [2.75, 3.05) is 30.8 Å². The van der Waals surface area contributed by atoms with Crippen molar-refractivity contribution in [2.24, 2.45) is 0 Å². The SMILES string of the molecule is CCCCNC(=O)[C@H](C)N(Cc1ccccc1F)C(=O)CCCN(c1ccc(OC)c(Cl)c1)S(C)(=O)=O. The van der Waals surface area contributed by atoms with Crippen LogP contribution in [-0.2, 0) is 26.2 Å². The van der Waals surface area contributed by atoms with E-state index in [2.05, 4.69) is 5.32 Å². The summed E-state index contributed by atoms with van der Waals surface area (Å²) in [6, 6.07) is 9.86. The number of anilines is 1. The van der Waals surface area contributed by atoms with E-state index in [-0.39, 0.29) is 48.3 Å². The highest BCUT2D eigenvalue weighted by Crippen LogP contribution is 2.30. The fourth-order valence-corrected chi connectivity index (χ4v) is 4.95.